The normalized spacial score (nSPS) is 16.2. The molecule has 0 aromatic heterocycles. The number of fused-ring (bicyclic) bond motifs is 1. The third kappa shape index (κ3) is 3.23. The molecule has 0 bridgehead atoms. The van der Waals surface area contributed by atoms with Gasteiger partial charge in [0, 0.05) is 11.1 Å². The predicted molar refractivity (Wildman–Crippen MR) is 111 cm³/mol. The monoisotopic (exact) mass is 391 g/mol. The minimum absolute atomic E-state index is 0.232. The number of hydrogen-bond donors (Lipinski definition) is 0. The largest absolute Gasteiger partial charge is 0.348 e. The van der Waals surface area contributed by atoms with E-state index in [9.17, 15) is 8.42 Å². The van der Waals surface area contributed by atoms with E-state index in [0.717, 1.165) is 16.7 Å². The highest BCUT2D eigenvalue weighted by molar-refractivity contribution is 7.93. The summed E-state index contributed by atoms with van der Waals surface area (Å²) in [5, 5.41) is 0. The summed E-state index contributed by atoms with van der Waals surface area (Å²) in [5.74, 6) is 0. The number of sulfonamides is 1. The van der Waals surface area contributed by atoms with Crippen molar-refractivity contribution in [1.29, 1.82) is 0 Å². The molecular formula is C23H21NO3S. The Morgan fingerprint density at radius 2 is 1.57 bits per heavy atom. The van der Waals surface area contributed by atoms with Gasteiger partial charge in [-0.05, 0) is 30.7 Å². The molecule has 1 heterocycles. The second kappa shape index (κ2) is 7.26. The van der Waals surface area contributed by atoms with E-state index in [-0.39, 0.29) is 4.90 Å². The molecular weight excluding hydrogens is 370 g/mol. The van der Waals surface area contributed by atoms with Gasteiger partial charge in [-0.2, -0.15) is 0 Å². The van der Waals surface area contributed by atoms with E-state index >= 15 is 0 Å². The van der Waals surface area contributed by atoms with Gasteiger partial charge in [0.25, 0.3) is 10.0 Å². The van der Waals surface area contributed by atoms with Gasteiger partial charge in [0.15, 0.2) is 6.23 Å². The van der Waals surface area contributed by atoms with Gasteiger partial charge in [0.05, 0.1) is 17.2 Å². The molecule has 0 spiro atoms. The van der Waals surface area contributed by atoms with Crippen LogP contribution < -0.4 is 4.31 Å². The Morgan fingerprint density at radius 1 is 0.929 bits per heavy atom. The minimum Gasteiger partial charge on any atom is -0.348 e. The number of para-hydroxylation sites is 1. The Labute approximate surface area is 165 Å². The SMILES string of the molecule is C=C1c2ccccc2N(S(=O)(=O)c2ccc(C)cc2)C1OCc1ccccc1. The van der Waals surface area contributed by atoms with E-state index in [2.05, 4.69) is 6.58 Å². The van der Waals surface area contributed by atoms with Crippen LogP contribution in [0.15, 0.2) is 90.3 Å². The number of ether oxygens (including phenoxy) is 1. The smallest absolute Gasteiger partial charge is 0.266 e. The van der Waals surface area contributed by atoms with E-state index < -0.39 is 16.3 Å². The summed E-state index contributed by atoms with van der Waals surface area (Å²) in [6.07, 6.45) is -0.788. The van der Waals surface area contributed by atoms with E-state index in [1.54, 1.807) is 30.3 Å². The van der Waals surface area contributed by atoms with Gasteiger partial charge in [-0.3, -0.25) is 0 Å². The van der Waals surface area contributed by atoms with Crippen molar-refractivity contribution in [3.63, 3.8) is 0 Å². The third-order valence-electron chi connectivity index (χ3n) is 4.83. The van der Waals surface area contributed by atoms with Crippen molar-refractivity contribution in [1.82, 2.24) is 0 Å². The maximum absolute atomic E-state index is 13.5. The fourth-order valence-corrected chi connectivity index (χ4v) is 4.90. The van der Waals surface area contributed by atoms with Crippen molar-refractivity contribution in [2.24, 2.45) is 0 Å². The Morgan fingerprint density at radius 3 is 2.29 bits per heavy atom. The van der Waals surface area contributed by atoms with Crippen LogP contribution in [0, 0.1) is 6.92 Å². The van der Waals surface area contributed by atoms with Crippen LogP contribution in [-0.2, 0) is 21.4 Å². The van der Waals surface area contributed by atoms with Gasteiger partial charge in [-0.15, -0.1) is 0 Å². The highest BCUT2D eigenvalue weighted by Crippen LogP contribution is 2.43. The summed E-state index contributed by atoms with van der Waals surface area (Å²) in [7, 11) is -3.81. The Bertz CT molecular complexity index is 1110. The number of benzene rings is 3. The number of anilines is 1. The molecule has 1 aliphatic rings. The molecule has 1 atom stereocenters. The maximum Gasteiger partial charge on any atom is 0.266 e. The summed E-state index contributed by atoms with van der Waals surface area (Å²) in [4.78, 5) is 0.232. The zero-order valence-corrected chi connectivity index (χ0v) is 16.4. The molecule has 5 heteroatoms. The molecule has 0 fully saturated rings. The van der Waals surface area contributed by atoms with Crippen LogP contribution in [-0.4, -0.2) is 14.6 Å². The first-order valence-electron chi connectivity index (χ1n) is 9.03. The van der Waals surface area contributed by atoms with E-state index in [0.29, 0.717) is 17.9 Å². The molecule has 0 saturated heterocycles. The van der Waals surface area contributed by atoms with Crippen LogP contribution >= 0.6 is 0 Å². The molecule has 0 radical (unpaired) electrons. The van der Waals surface area contributed by atoms with Crippen molar-refractivity contribution in [3.05, 3.63) is 102 Å². The first-order valence-corrected chi connectivity index (χ1v) is 10.5. The van der Waals surface area contributed by atoms with Crippen LogP contribution in [0.5, 0.6) is 0 Å². The van der Waals surface area contributed by atoms with Gasteiger partial charge in [-0.1, -0.05) is 72.8 Å². The summed E-state index contributed by atoms with van der Waals surface area (Å²) in [6.45, 7) is 6.35. The van der Waals surface area contributed by atoms with Crippen molar-refractivity contribution in [3.8, 4) is 0 Å². The van der Waals surface area contributed by atoms with Crippen molar-refractivity contribution in [2.75, 3.05) is 4.31 Å². The van der Waals surface area contributed by atoms with Gasteiger partial charge >= 0.3 is 0 Å². The Kier molecular flexibility index (Phi) is 4.79. The summed E-state index contributed by atoms with van der Waals surface area (Å²) < 4.78 is 34.4. The molecule has 1 aliphatic heterocycles. The van der Waals surface area contributed by atoms with Crippen LogP contribution in [0.3, 0.4) is 0 Å². The number of aryl methyl sites for hydroxylation is 1. The predicted octanol–water partition coefficient (Wildman–Crippen LogP) is 4.76. The number of hydrogen-bond acceptors (Lipinski definition) is 3. The topological polar surface area (TPSA) is 46.6 Å². The second-order valence-corrected chi connectivity index (χ2v) is 8.62. The fourth-order valence-electron chi connectivity index (χ4n) is 3.34. The lowest BCUT2D eigenvalue weighted by Crippen LogP contribution is -2.38. The van der Waals surface area contributed by atoms with Gasteiger partial charge < -0.3 is 4.74 Å². The van der Waals surface area contributed by atoms with E-state index in [4.69, 9.17) is 4.74 Å². The van der Waals surface area contributed by atoms with Crippen molar-refractivity contribution in [2.45, 2.75) is 24.7 Å². The van der Waals surface area contributed by atoms with Crippen LogP contribution in [0.2, 0.25) is 0 Å². The van der Waals surface area contributed by atoms with Gasteiger partial charge in [0.1, 0.15) is 0 Å². The van der Waals surface area contributed by atoms with Gasteiger partial charge in [-0.25, -0.2) is 12.7 Å². The molecule has 0 amide bonds. The highest BCUT2D eigenvalue weighted by atomic mass is 32.2. The Balaban J connectivity index is 1.74. The molecule has 1 unspecified atom stereocenters. The maximum atomic E-state index is 13.5. The second-order valence-electron chi connectivity index (χ2n) is 6.81. The summed E-state index contributed by atoms with van der Waals surface area (Å²) >= 11 is 0. The molecule has 3 aromatic rings. The lowest BCUT2D eigenvalue weighted by atomic mass is 10.1. The Hall–Kier alpha value is -2.89. The van der Waals surface area contributed by atoms with Gasteiger partial charge in [0.2, 0.25) is 0 Å². The summed E-state index contributed by atoms with van der Waals surface area (Å²) in [5.41, 5.74) is 3.99. The standard InChI is InChI=1S/C23H21NO3S/c1-17-12-14-20(15-13-17)28(25,26)24-22-11-7-6-10-21(22)18(2)23(24)27-16-19-8-4-3-5-9-19/h3-15,23H,2,16H2,1H3. The molecule has 28 heavy (non-hydrogen) atoms. The third-order valence-corrected chi connectivity index (χ3v) is 6.60. The molecule has 3 aromatic carbocycles. The first kappa shape index (κ1) is 18.5. The minimum atomic E-state index is -3.81. The lowest BCUT2D eigenvalue weighted by Gasteiger charge is -2.27. The van der Waals surface area contributed by atoms with Crippen LogP contribution in [0.25, 0.3) is 5.57 Å². The average Bonchev–Trinajstić information content (AvgIpc) is 3.00. The molecule has 0 aliphatic carbocycles. The highest BCUT2D eigenvalue weighted by Gasteiger charge is 2.41. The van der Waals surface area contributed by atoms with E-state index in [1.165, 1.54) is 4.31 Å². The van der Waals surface area contributed by atoms with Crippen LogP contribution in [0.4, 0.5) is 5.69 Å². The first-order chi connectivity index (χ1) is 13.5. The lowest BCUT2D eigenvalue weighted by molar-refractivity contribution is 0.0887. The van der Waals surface area contributed by atoms with Crippen LogP contribution in [0.1, 0.15) is 16.7 Å². The number of rotatable bonds is 5. The quantitative estimate of drug-likeness (QED) is 0.630. The zero-order chi connectivity index (χ0) is 19.7. The molecule has 4 rings (SSSR count). The number of nitrogens with zero attached hydrogens (tertiary/aromatic N) is 1. The van der Waals surface area contributed by atoms with Crippen molar-refractivity contribution >= 4 is 21.3 Å². The molecule has 0 N–H and O–H groups in total. The molecule has 0 saturated carbocycles. The fraction of sp³-hybridized carbons (Fsp3) is 0.130. The zero-order valence-electron chi connectivity index (χ0n) is 15.6. The molecule has 142 valence electrons. The molecule has 4 nitrogen and oxygen atoms in total. The van der Waals surface area contributed by atoms with E-state index in [1.807, 2.05) is 55.5 Å². The average molecular weight is 391 g/mol. The summed E-state index contributed by atoms with van der Waals surface area (Å²) in [6, 6.07) is 23.9. The van der Waals surface area contributed by atoms with Crippen molar-refractivity contribution < 1.29 is 13.2 Å².